The fourth-order valence-electron chi connectivity index (χ4n) is 3.20. The van der Waals surface area contributed by atoms with E-state index in [9.17, 15) is 24.5 Å². The highest BCUT2D eigenvalue weighted by Crippen LogP contribution is 2.16. The first kappa shape index (κ1) is 27.7. The minimum atomic E-state index is -0.976. The molecule has 0 aliphatic rings. The Kier molecular flexibility index (Phi) is 10.8. The molecule has 0 heterocycles. The molecule has 0 unspecified atom stereocenters. The van der Waals surface area contributed by atoms with Gasteiger partial charge in [-0.2, -0.15) is 0 Å². The molecule has 13 heteroatoms. The number of nitro groups is 1. The standard InChI is InChI=1S/C23H30N8O5/c24-18(13-15-5-2-1-3-6-15)21(33)28-14-20(32)30-19(7-4-12-27-23(25)26)22(34)29-16-8-10-17(11-9-16)31(35)36/h1-3,5-6,8-11,18-19H,4,7,12-14,24H2,(H,28,33)(H,29,34)(H,30,32)(H4,25,26,27)/t18-,19-/m0/s1. The maximum Gasteiger partial charge on any atom is 0.269 e. The van der Waals surface area contributed by atoms with Crippen LogP contribution in [0.5, 0.6) is 0 Å². The van der Waals surface area contributed by atoms with Crippen molar-refractivity contribution in [1.82, 2.24) is 16.0 Å². The number of hydrogen-bond acceptors (Lipinski definition) is 7. The van der Waals surface area contributed by atoms with Crippen molar-refractivity contribution in [2.45, 2.75) is 31.3 Å². The average molecular weight is 499 g/mol. The van der Waals surface area contributed by atoms with Crippen LogP contribution in [0.15, 0.2) is 54.6 Å². The van der Waals surface area contributed by atoms with Gasteiger partial charge < -0.3 is 32.7 Å². The van der Waals surface area contributed by atoms with Crippen LogP contribution >= 0.6 is 0 Å². The number of anilines is 1. The lowest BCUT2D eigenvalue weighted by Crippen LogP contribution is -2.50. The number of nitro benzene ring substituents is 1. The van der Waals surface area contributed by atoms with E-state index in [0.29, 0.717) is 25.1 Å². The van der Waals surface area contributed by atoms with Gasteiger partial charge >= 0.3 is 0 Å². The summed E-state index contributed by atoms with van der Waals surface area (Å²) in [6, 6.07) is 12.6. The first-order chi connectivity index (χ1) is 17.2. The van der Waals surface area contributed by atoms with E-state index in [-0.39, 0.29) is 24.6 Å². The second-order valence-corrected chi connectivity index (χ2v) is 7.91. The largest absolute Gasteiger partial charge is 0.370 e. The Bertz CT molecular complexity index is 1060. The van der Waals surface area contributed by atoms with E-state index >= 15 is 0 Å². The third-order valence-corrected chi connectivity index (χ3v) is 5.04. The topological polar surface area (TPSA) is 218 Å². The molecule has 192 valence electrons. The van der Waals surface area contributed by atoms with E-state index < -0.39 is 34.7 Å². The second-order valence-electron chi connectivity index (χ2n) is 7.91. The van der Waals surface area contributed by atoms with Gasteiger partial charge in [-0.3, -0.25) is 29.9 Å². The average Bonchev–Trinajstić information content (AvgIpc) is 2.85. The zero-order valence-electron chi connectivity index (χ0n) is 19.5. The second kappa shape index (κ2) is 14.0. The summed E-state index contributed by atoms with van der Waals surface area (Å²) in [7, 11) is 0. The number of non-ortho nitro benzene ring substituents is 1. The Balaban J connectivity index is 1.92. The summed E-state index contributed by atoms with van der Waals surface area (Å²) in [5.41, 5.74) is 12.2. The van der Waals surface area contributed by atoms with Crippen molar-refractivity contribution < 1.29 is 19.3 Å². The lowest BCUT2D eigenvalue weighted by Gasteiger charge is -2.19. The Hall–Kier alpha value is -4.52. The van der Waals surface area contributed by atoms with Gasteiger partial charge in [-0.05, 0) is 37.0 Å². The van der Waals surface area contributed by atoms with E-state index in [1.807, 2.05) is 30.3 Å². The summed E-state index contributed by atoms with van der Waals surface area (Å²) in [4.78, 5) is 47.8. The molecule has 2 aromatic rings. The highest BCUT2D eigenvalue weighted by atomic mass is 16.6. The van der Waals surface area contributed by atoms with E-state index in [2.05, 4.69) is 21.3 Å². The molecule has 0 spiro atoms. The molecule has 0 bridgehead atoms. The summed E-state index contributed by atoms with van der Waals surface area (Å²) in [5, 5.41) is 28.3. The van der Waals surface area contributed by atoms with Crippen LogP contribution in [0, 0.1) is 15.5 Å². The van der Waals surface area contributed by atoms with E-state index in [0.717, 1.165) is 5.56 Å². The van der Waals surface area contributed by atoms with Gasteiger partial charge in [0.25, 0.3) is 5.69 Å². The van der Waals surface area contributed by atoms with Gasteiger partial charge in [0.15, 0.2) is 5.96 Å². The molecule has 9 N–H and O–H groups in total. The molecule has 2 atom stereocenters. The summed E-state index contributed by atoms with van der Waals surface area (Å²) >= 11 is 0. The predicted octanol–water partition coefficient (Wildman–Crippen LogP) is -0.0324. The van der Waals surface area contributed by atoms with Crippen LogP contribution in [-0.2, 0) is 20.8 Å². The van der Waals surface area contributed by atoms with Crippen LogP contribution < -0.4 is 32.7 Å². The van der Waals surface area contributed by atoms with Gasteiger partial charge in [-0.1, -0.05) is 30.3 Å². The normalized spacial score (nSPS) is 12.0. The molecule has 2 aromatic carbocycles. The number of carbonyl (C=O) groups excluding carboxylic acids is 3. The molecule has 3 amide bonds. The van der Waals surface area contributed by atoms with Gasteiger partial charge in [0.2, 0.25) is 17.7 Å². The highest BCUT2D eigenvalue weighted by molar-refractivity contribution is 5.98. The van der Waals surface area contributed by atoms with Crippen LogP contribution in [0.25, 0.3) is 0 Å². The Morgan fingerprint density at radius 3 is 2.28 bits per heavy atom. The third-order valence-electron chi connectivity index (χ3n) is 5.04. The molecule has 0 saturated heterocycles. The van der Waals surface area contributed by atoms with Crippen molar-refractivity contribution >= 4 is 35.1 Å². The lowest BCUT2D eigenvalue weighted by molar-refractivity contribution is -0.384. The van der Waals surface area contributed by atoms with Crippen molar-refractivity contribution in [3.05, 3.63) is 70.3 Å². The number of nitrogens with two attached hydrogens (primary N) is 2. The Morgan fingerprint density at radius 1 is 1.00 bits per heavy atom. The molecule has 36 heavy (non-hydrogen) atoms. The number of nitrogens with one attached hydrogen (secondary N) is 5. The molecular weight excluding hydrogens is 468 g/mol. The van der Waals surface area contributed by atoms with Gasteiger partial charge in [0.05, 0.1) is 17.5 Å². The van der Waals surface area contributed by atoms with Crippen LogP contribution in [0.1, 0.15) is 18.4 Å². The minimum absolute atomic E-state index is 0.130. The van der Waals surface area contributed by atoms with Gasteiger partial charge in [0.1, 0.15) is 6.04 Å². The third kappa shape index (κ3) is 9.77. The molecular formula is C23H30N8O5. The lowest BCUT2D eigenvalue weighted by atomic mass is 10.1. The molecule has 0 fully saturated rings. The molecule has 0 aliphatic heterocycles. The van der Waals surface area contributed by atoms with Crippen molar-refractivity contribution in [2.24, 2.45) is 11.5 Å². The Labute approximate surface area is 207 Å². The molecule has 0 saturated carbocycles. The van der Waals surface area contributed by atoms with Crippen LogP contribution in [0.4, 0.5) is 11.4 Å². The van der Waals surface area contributed by atoms with Crippen LogP contribution in [-0.4, -0.2) is 53.8 Å². The van der Waals surface area contributed by atoms with Crippen molar-refractivity contribution in [1.29, 1.82) is 5.41 Å². The monoisotopic (exact) mass is 498 g/mol. The summed E-state index contributed by atoms with van der Waals surface area (Å²) in [5.74, 6) is -1.88. The number of hydrogen-bond donors (Lipinski definition) is 7. The van der Waals surface area contributed by atoms with Gasteiger partial charge in [-0.15, -0.1) is 0 Å². The maximum atomic E-state index is 12.8. The highest BCUT2D eigenvalue weighted by Gasteiger charge is 2.22. The zero-order chi connectivity index (χ0) is 26.5. The number of guanidine groups is 1. The van der Waals surface area contributed by atoms with Gasteiger partial charge in [0, 0.05) is 24.4 Å². The number of carbonyl (C=O) groups is 3. The number of rotatable bonds is 13. The molecule has 0 aromatic heterocycles. The van der Waals surface area contributed by atoms with Crippen molar-refractivity contribution in [3.63, 3.8) is 0 Å². The van der Waals surface area contributed by atoms with Crippen molar-refractivity contribution in [2.75, 3.05) is 18.4 Å². The fourth-order valence-corrected chi connectivity index (χ4v) is 3.20. The molecule has 0 radical (unpaired) electrons. The maximum absolute atomic E-state index is 12.8. The smallest absolute Gasteiger partial charge is 0.269 e. The molecule has 2 rings (SSSR count). The minimum Gasteiger partial charge on any atom is -0.370 e. The summed E-state index contributed by atoms with van der Waals surface area (Å²) < 4.78 is 0. The van der Waals surface area contributed by atoms with Gasteiger partial charge in [-0.25, -0.2) is 0 Å². The SMILES string of the molecule is N=C(N)NCCC[C@H](NC(=O)CNC(=O)[C@@H](N)Cc1ccccc1)C(=O)Nc1ccc([N+](=O)[O-])cc1. The predicted molar refractivity (Wildman–Crippen MR) is 134 cm³/mol. The van der Waals surface area contributed by atoms with Crippen LogP contribution in [0.3, 0.4) is 0 Å². The molecule has 13 nitrogen and oxygen atoms in total. The Morgan fingerprint density at radius 2 is 1.67 bits per heavy atom. The van der Waals surface area contributed by atoms with E-state index in [1.54, 1.807) is 0 Å². The number of amides is 3. The first-order valence-electron chi connectivity index (χ1n) is 11.2. The first-order valence-corrected chi connectivity index (χ1v) is 11.2. The zero-order valence-corrected chi connectivity index (χ0v) is 19.5. The summed E-state index contributed by atoms with van der Waals surface area (Å²) in [6.45, 7) is -0.0775. The summed E-state index contributed by atoms with van der Waals surface area (Å²) in [6.07, 6.45) is 0.899. The van der Waals surface area contributed by atoms with E-state index in [4.69, 9.17) is 16.9 Å². The fraction of sp³-hybridized carbons (Fsp3) is 0.304. The number of nitrogens with zero attached hydrogens (tertiary/aromatic N) is 1. The quantitative estimate of drug-likeness (QED) is 0.0652. The van der Waals surface area contributed by atoms with Crippen molar-refractivity contribution in [3.8, 4) is 0 Å². The van der Waals surface area contributed by atoms with Crippen LogP contribution in [0.2, 0.25) is 0 Å². The molecule has 0 aliphatic carbocycles. The van der Waals surface area contributed by atoms with E-state index in [1.165, 1.54) is 24.3 Å². The number of benzene rings is 2.